The maximum Gasteiger partial charge on any atom is 0.320 e. The number of urea groups is 1. The van der Waals surface area contributed by atoms with Gasteiger partial charge in [-0.2, -0.15) is 5.10 Å². The van der Waals surface area contributed by atoms with Gasteiger partial charge in [0.05, 0.1) is 6.54 Å². The van der Waals surface area contributed by atoms with E-state index in [-0.39, 0.29) is 6.03 Å². The van der Waals surface area contributed by atoms with E-state index in [9.17, 15) is 4.79 Å². The first kappa shape index (κ1) is 15.1. The molecule has 1 aromatic carbocycles. The molecule has 1 heterocycles. The molecule has 5 nitrogen and oxygen atoms in total. The van der Waals surface area contributed by atoms with Crippen molar-refractivity contribution in [2.45, 2.75) is 33.2 Å². The van der Waals surface area contributed by atoms with Gasteiger partial charge in [0.1, 0.15) is 0 Å². The molecule has 0 bridgehead atoms. The molecule has 0 unspecified atom stereocenters. The van der Waals surface area contributed by atoms with Gasteiger partial charge in [0, 0.05) is 18.8 Å². The fourth-order valence-electron chi connectivity index (χ4n) is 2.05. The van der Waals surface area contributed by atoms with E-state index >= 15 is 0 Å². The zero-order valence-corrected chi connectivity index (χ0v) is 12.6. The number of aromatic nitrogens is 2. The molecular formula is C16H22N4O. The molecular weight excluding hydrogens is 264 g/mol. The average molecular weight is 286 g/mol. The monoisotopic (exact) mass is 286 g/mol. The van der Waals surface area contributed by atoms with E-state index < -0.39 is 0 Å². The summed E-state index contributed by atoms with van der Waals surface area (Å²) in [5.74, 6) is 0.566. The largest absolute Gasteiger partial charge is 0.338 e. The number of unbranched alkanes of at least 4 members (excludes halogenated alkanes) is 1. The Morgan fingerprint density at radius 2 is 2.19 bits per heavy atom. The van der Waals surface area contributed by atoms with Gasteiger partial charge in [-0.3, -0.25) is 10.00 Å². The predicted octanol–water partition coefficient (Wildman–Crippen LogP) is 3.16. The molecule has 0 fully saturated rings. The highest BCUT2D eigenvalue weighted by atomic mass is 16.2. The van der Waals surface area contributed by atoms with Crippen molar-refractivity contribution >= 4 is 11.8 Å². The van der Waals surface area contributed by atoms with Crippen LogP contribution >= 0.6 is 0 Å². The van der Waals surface area contributed by atoms with E-state index in [1.54, 1.807) is 6.07 Å². The topological polar surface area (TPSA) is 59.0 Å². The highest BCUT2D eigenvalue weighted by Gasteiger charge is 2.04. The second-order valence-corrected chi connectivity index (χ2v) is 5.12. The van der Waals surface area contributed by atoms with Gasteiger partial charge in [0.15, 0.2) is 5.82 Å². The molecule has 112 valence electrons. The number of hydrogen-bond acceptors (Lipinski definition) is 2. The van der Waals surface area contributed by atoms with Crippen LogP contribution in [0.5, 0.6) is 0 Å². The number of nitrogens with one attached hydrogen (secondary N) is 2. The molecule has 21 heavy (non-hydrogen) atoms. The first-order valence-electron chi connectivity index (χ1n) is 7.31. The van der Waals surface area contributed by atoms with Crippen molar-refractivity contribution in [2.75, 3.05) is 11.9 Å². The van der Waals surface area contributed by atoms with E-state index in [0.717, 1.165) is 12.8 Å². The molecule has 5 heteroatoms. The van der Waals surface area contributed by atoms with E-state index in [1.807, 2.05) is 16.9 Å². The number of amides is 2. The van der Waals surface area contributed by atoms with Gasteiger partial charge in [-0.25, -0.2) is 4.79 Å². The summed E-state index contributed by atoms with van der Waals surface area (Å²) >= 11 is 0. The van der Waals surface area contributed by atoms with Crippen molar-refractivity contribution < 1.29 is 4.79 Å². The summed E-state index contributed by atoms with van der Waals surface area (Å²) in [6.45, 7) is 5.54. The Hall–Kier alpha value is -2.30. The SMILES string of the molecule is CCCCNC(=O)Nc1ccn(Cc2cccc(C)c2)n1. The highest BCUT2D eigenvalue weighted by molar-refractivity contribution is 5.88. The Labute approximate surface area is 125 Å². The van der Waals surface area contributed by atoms with Crippen molar-refractivity contribution in [3.8, 4) is 0 Å². The molecule has 2 N–H and O–H groups in total. The van der Waals surface area contributed by atoms with Crippen LogP contribution in [-0.2, 0) is 6.54 Å². The van der Waals surface area contributed by atoms with Crippen LogP contribution in [0.15, 0.2) is 36.5 Å². The molecule has 0 saturated carbocycles. The predicted molar refractivity (Wildman–Crippen MR) is 84.4 cm³/mol. The van der Waals surface area contributed by atoms with Crippen molar-refractivity contribution in [1.82, 2.24) is 15.1 Å². The van der Waals surface area contributed by atoms with Crippen LogP contribution in [0.4, 0.5) is 10.6 Å². The Morgan fingerprint density at radius 3 is 2.95 bits per heavy atom. The van der Waals surface area contributed by atoms with Gasteiger partial charge < -0.3 is 5.32 Å². The minimum atomic E-state index is -0.204. The van der Waals surface area contributed by atoms with Crippen LogP contribution in [0.1, 0.15) is 30.9 Å². The van der Waals surface area contributed by atoms with Gasteiger partial charge in [0.25, 0.3) is 0 Å². The summed E-state index contributed by atoms with van der Waals surface area (Å²) in [6.07, 6.45) is 3.91. The lowest BCUT2D eigenvalue weighted by atomic mass is 10.1. The highest BCUT2D eigenvalue weighted by Crippen LogP contribution is 2.08. The van der Waals surface area contributed by atoms with Gasteiger partial charge in [-0.1, -0.05) is 43.2 Å². The van der Waals surface area contributed by atoms with E-state index in [0.29, 0.717) is 18.9 Å². The van der Waals surface area contributed by atoms with Crippen LogP contribution in [0.3, 0.4) is 0 Å². The van der Waals surface area contributed by atoms with Crippen molar-refractivity contribution in [3.05, 3.63) is 47.7 Å². The molecule has 0 atom stereocenters. The molecule has 0 saturated heterocycles. The van der Waals surface area contributed by atoms with Crippen LogP contribution < -0.4 is 10.6 Å². The second kappa shape index (κ2) is 7.47. The third-order valence-electron chi connectivity index (χ3n) is 3.13. The Bertz CT molecular complexity index is 591. The van der Waals surface area contributed by atoms with Gasteiger partial charge in [-0.15, -0.1) is 0 Å². The fraction of sp³-hybridized carbons (Fsp3) is 0.375. The maximum atomic E-state index is 11.6. The first-order chi connectivity index (χ1) is 10.2. The Morgan fingerprint density at radius 1 is 1.33 bits per heavy atom. The Balaban J connectivity index is 1.88. The quantitative estimate of drug-likeness (QED) is 0.801. The molecule has 0 aliphatic rings. The molecule has 1 aromatic heterocycles. The molecule has 2 rings (SSSR count). The molecule has 2 aromatic rings. The van der Waals surface area contributed by atoms with Gasteiger partial charge in [0.2, 0.25) is 0 Å². The van der Waals surface area contributed by atoms with E-state index in [1.165, 1.54) is 11.1 Å². The van der Waals surface area contributed by atoms with Gasteiger partial charge >= 0.3 is 6.03 Å². The average Bonchev–Trinajstić information content (AvgIpc) is 2.86. The van der Waals surface area contributed by atoms with E-state index in [2.05, 4.69) is 47.8 Å². The number of hydrogen-bond donors (Lipinski definition) is 2. The molecule has 0 radical (unpaired) electrons. The first-order valence-corrected chi connectivity index (χ1v) is 7.31. The summed E-state index contributed by atoms with van der Waals surface area (Å²) in [7, 11) is 0. The normalized spacial score (nSPS) is 10.4. The third-order valence-corrected chi connectivity index (χ3v) is 3.13. The molecule has 2 amide bonds. The number of aryl methyl sites for hydroxylation is 1. The summed E-state index contributed by atoms with van der Waals surface area (Å²) in [4.78, 5) is 11.6. The van der Waals surface area contributed by atoms with Crippen LogP contribution in [-0.4, -0.2) is 22.4 Å². The smallest absolute Gasteiger partial charge is 0.320 e. The second-order valence-electron chi connectivity index (χ2n) is 5.12. The molecule has 0 spiro atoms. The summed E-state index contributed by atoms with van der Waals surface area (Å²) in [5, 5.41) is 9.88. The fourth-order valence-corrected chi connectivity index (χ4v) is 2.05. The third kappa shape index (κ3) is 4.95. The number of nitrogens with zero attached hydrogens (tertiary/aromatic N) is 2. The van der Waals surface area contributed by atoms with Crippen molar-refractivity contribution in [1.29, 1.82) is 0 Å². The summed E-state index contributed by atoms with van der Waals surface area (Å²) < 4.78 is 1.82. The minimum absolute atomic E-state index is 0.204. The van der Waals surface area contributed by atoms with Crippen LogP contribution in [0, 0.1) is 6.92 Å². The van der Waals surface area contributed by atoms with Crippen LogP contribution in [0.25, 0.3) is 0 Å². The summed E-state index contributed by atoms with van der Waals surface area (Å²) in [5.41, 5.74) is 2.42. The lowest BCUT2D eigenvalue weighted by Crippen LogP contribution is -2.29. The summed E-state index contributed by atoms with van der Waals surface area (Å²) in [6, 6.07) is 9.90. The van der Waals surface area contributed by atoms with Crippen molar-refractivity contribution in [3.63, 3.8) is 0 Å². The standard InChI is InChI=1S/C16H22N4O/c1-3-4-9-17-16(21)18-15-8-10-20(19-15)12-14-7-5-6-13(2)11-14/h5-8,10-11H,3-4,9,12H2,1-2H3,(H2,17,18,19,21). The van der Waals surface area contributed by atoms with Gasteiger partial charge in [-0.05, 0) is 18.9 Å². The number of anilines is 1. The lowest BCUT2D eigenvalue weighted by Gasteiger charge is -2.05. The number of carbonyl (C=O) groups is 1. The Kier molecular flexibility index (Phi) is 5.37. The number of rotatable bonds is 6. The number of benzene rings is 1. The zero-order chi connectivity index (χ0) is 15.1. The zero-order valence-electron chi connectivity index (χ0n) is 12.6. The van der Waals surface area contributed by atoms with Crippen LogP contribution in [0.2, 0.25) is 0 Å². The number of carbonyl (C=O) groups excluding carboxylic acids is 1. The van der Waals surface area contributed by atoms with E-state index in [4.69, 9.17) is 0 Å². The molecule has 0 aliphatic carbocycles. The lowest BCUT2D eigenvalue weighted by molar-refractivity contribution is 0.252. The maximum absolute atomic E-state index is 11.6. The minimum Gasteiger partial charge on any atom is -0.338 e. The van der Waals surface area contributed by atoms with Crippen molar-refractivity contribution in [2.24, 2.45) is 0 Å². The molecule has 0 aliphatic heterocycles.